The largest absolute Gasteiger partial charge is 0.352 e. The second-order valence-electron chi connectivity index (χ2n) is 4.13. The van der Waals surface area contributed by atoms with Crippen molar-refractivity contribution >= 4 is 17.2 Å². The van der Waals surface area contributed by atoms with E-state index in [1.165, 1.54) is 0 Å². The Balaban J connectivity index is 1.87. The van der Waals surface area contributed by atoms with Gasteiger partial charge in [-0.2, -0.15) is 0 Å². The van der Waals surface area contributed by atoms with Gasteiger partial charge in [0.1, 0.15) is 0 Å². The van der Waals surface area contributed by atoms with Crippen molar-refractivity contribution in [3.8, 4) is 0 Å². The molecule has 0 atom stereocenters. The Bertz CT molecular complexity index is 567. The Hall–Kier alpha value is -1.79. The van der Waals surface area contributed by atoms with Crippen LogP contribution in [0.1, 0.15) is 26.8 Å². The molecule has 6 heteroatoms. The average molecular weight is 276 g/mol. The summed E-state index contributed by atoms with van der Waals surface area (Å²) in [5.41, 5.74) is 7.82. The quantitative estimate of drug-likeness (QED) is 0.862. The minimum absolute atomic E-state index is 0.106. The summed E-state index contributed by atoms with van der Waals surface area (Å²) in [5.74, 6) is -0.106. The minimum Gasteiger partial charge on any atom is -0.352 e. The number of thiazole rings is 1. The van der Waals surface area contributed by atoms with Crippen LogP contribution in [-0.4, -0.2) is 22.4 Å². The van der Waals surface area contributed by atoms with Gasteiger partial charge in [-0.1, -0.05) is 0 Å². The minimum atomic E-state index is -0.106. The molecule has 0 aliphatic carbocycles. The van der Waals surface area contributed by atoms with Crippen molar-refractivity contribution in [1.29, 1.82) is 0 Å². The van der Waals surface area contributed by atoms with Crippen LogP contribution in [0, 0.1) is 6.92 Å². The van der Waals surface area contributed by atoms with Gasteiger partial charge in [0, 0.05) is 42.3 Å². The van der Waals surface area contributed by atoms with Gasteiger partial charge in [-0.15, -0.1) is 11.3 Å². The fourth-order valence-electron chi connectivity index (χ4n) is 1.63. The molecule has 2 rings (SSSR count). The lowest BCUT2D eigenvalue weighted by molar-refractivity contribution is 0.0954. The third-order valence-electron chi connectivity index (χ3n) is 2.58. The van der Waals surface area contributed by atoms with Crippen molar-refractivity contribution in [2.24, 2.45) is 5.73 Å². The van der Waals surface area contributed by atoms with E-state index in [1.54, 1.807) is 29.7 Å². The highest BCUT2D eigenvalue weighted by Gasteiger charge is 2.06. The van der Waals surface area contributed by atoms with Gasteiger partial charge >= 0.3 is 0 Å². The summed E-state index contributed by atoms with van der Waals surface area (Å²) in [6.07, 6.45) is 2.35. The van der Waals surface area contributed by atoms with E-state index in [-0.39, 0.29) is 5.91 Å². The Morgan fingerprint density at radius 1 is 1.53 bits per heavy atom. The molecular weight excluding hydrogens is 260 g/mol. The molecule has 0 radical (unpaired) electrons. The first kappa shape index (κ1) is 13.6. The number of pyridine rings is 1. The lowest BCUT2D eigenvalue weighted by Gasteiger charge is -2.05. The Labute approximate surface area is 115 Å². The number of nitrogens with one attached hydrogen (secondary N) is 1. The Kier molecular flexibility index (Phi) is 4.59. The Morgan fingerprint density at radius 3 is 3.05 bits per heavy atom. The highest BCUT2D eigenvalue weighted by Crippen LogP contribution is 2.08. The van der Waals surface area contributed by atoms with Crippen LogP contribution in [0.4, 0.5) is 0 Å². The molecule has 0 bridgehead atoms. The maximum absolute atomic E-state index is 11.9. The smallest absolute Gasteiger partial charge is 0.251 e. The SMILES string of the molecule is Cc1csc(CCNC(=O)c2ccnc(CN)c2)n1. The summed E-state index contributed by atoms with van der Waals surface area (Å²) in [4.78, 5) is 20.3. The maximum atomic E-state index is 11.9. The molecule has 0 aromatic carbocycles. The number of nitrogens with zero attached hydrogens (tertiary/aromatic N) is 2. The first-order chi connectivity index (χ1) is 9.19. The number of carbonyl (C=O) groups excluding carboxylic acids is 1. The molecular formula is C13H16N4OS. The zero-order chi connectivity index (χ0) is 13.7. The second-order valence-corrected chi connectivity index (χ2v) is 5.07. The van der Waals surface area contributed by atoms with E-state index in [1.807, 2.05) is 12.3 Å². The molecule has 0 aliphatic rings. The predicted octanol–water partition coefficient (Wildman–Crippen LogP) is 1.28. The topological polar surface area (TPSA) is 80.9 Å². The third-order valence-corrected chi connectivity index (χ3v) is 3.61. The van der Waals surface area contributed by atoms with Gasteiger partial charge in [0.15, 0.2) is 0 Å². The molecule has 19 heavy (non-hydrogen) atoms. The van der Waals surface area contributed by atoms with Crippen molar-refractivity contribution in [3.63, 3.8) is 0 Å². The summed E-state index contributed by atoms with van der Waals surface area (Å²) < 4.78 is 0. The van der Waals surface area contributed by atoms with Gasteiger partial charge < -0.3 is 11.1 Å². The first-order valence-electron chi connectivity index (χ1n) is 6.03. The predicted molar refractivity (Wildman–Crippen MR) is 75.0 cm³/mol. The van der Waals surface area contributed by atoms with E-state index < -0.39 is 0 Å². The molecule has 2 aromatic heterocycles. The molecule has 0 aliphatic heterocycles. The van der Waals surface area contributed by atoms with E-state index >= 15 is 0 Å². The van der Waals surface area contributed by atoms with Crippen molar-refractivity contribution in [2.75, 3.05) is 6.54 Å². The van der Waals surface area contributed by atoms with Gasteiger partial charge in [0.2, 0.25) is 0 Å². The molecule has 0 unspecified atom stereocenters. The van der Waals surface area contributed by atoms with Gasteiger partial charge in [0.05, 0.1) is 10.7 Å². The molecule has 0 fully saturated rings. The van der Waals surface area contributed by atoms with Crippen LogP contribution in [0.5, 0.6) is 0 Å². The van der Waals surface area contributed by atoms with Crippen molar-refractivity contribution < 1.29 is 4.79 Å². The van der Waals surface area contributed by atoms with E-state index in [0.29, 0.717) is 24.3 Å². The van der Waals surface area contributed by atoms with Crippen LogP contribution in [0.25, 0.3) is 0 Å². The molecule has 2 aromatic rings. The summed E-state index contributed by atoms with van der Waals surface area (Å²) in [7, 11) is 0. The fraction of sp³-hybridized carbons (Fsp3) is 0.308. The molecule has 1 amide bonds. The number of aryl methyl sites for hydroxylation is 1. The number of carbonyl (C=O) groups is 1. The lowest BCUT2D eigenvalue weighted by atomic mass is 10.2. The number of nitrogens with two attached hydrogens (primary N) is 1. The van der Waals surface area contributed by atoms with Crippen LogP contribution >= 0.6 is 11.3 Å². The normalized spacial score (nSPS) is 10.4. The van der Waals surface area contributed by atoms with Gasteiger partial charge in [0.25, 0.3) is 5.91 Å². The number of hydrogen-bond acceptors (Lipinski definition) is 5. The molecule has 2 heterocycles. The zero-order valence-electron chi connectivity index (χ0n) is 10.7. The second kappa shape index (κ2) is 6.40. The van der Waals surface area contributed by atoms with E-state index in [4.69, 9.17) is 5.73 Å². The molecule has 5 nitrogen and oxygen atoms in total. The van der Waals surface area contributed by atoms with Crippen LogP contribution < -0.4 is 11.1 Å². The number of hydrogen-bond donors (Lipinski definition) is 2. The molecule has 100 valence electrons. The summed E-state index contributed by atoms with van der Waals surface area (Å²) in [5, 5.41) is 5.91. The van der Waals surface area contributed by atoms with Crippen molar-refractivity contribution in [3.05, 3.63) is 45.7 Å². The molecule has 0 spiro atoms. The average Bonchev–Trinajstić information content (AvgIpc) is 2.84. The highest BCUT2D eigenvalue weighted by molar-refractivity contribution is 7.09. The third kappa shape index (κ3) is 3.84. The van der Waals surface area contributed by atoms with Gasteiger partial charge in [-0.3, -0.25) is 9.78 Å². The van der Waals surface area contributed by atoms with Crippen molar-refractivity contribution in [2.45, 2.75) is 19.9 Å². The van der Waals surface area contributed by atoms with Crippen LogP contribution in [0.3, 0.4) is 0 Å². The van der Waals surface area contributed by atoms with Crippen molar-refractivity contribution in [1.82, 2.24) is 15.3 Å². The molecule has 0 saturated carbocycles. The summed E-state index contributed by atoms with van der Waals surface area (Å²) in [6, 6.07) is 3.39. The van der Waals surface area contributed by atoms with E-state index in [0.717, 1.165) is 17.1 Å². The van der Waals surface area contributed by atoms with Crippen LogP contribution in [-0.2, 0) is 13.0 Å². The molecule has 0 saturated heterocycles. The summed E-state index contributed by atoms with van der Waals surface area (Å²) >= 11 is 1.61. The van der Waals surface area contributed by atoms with Crippen LogP contribution in [0.2, 0.25) is 0 Å². The number of amides is 1. The standard InChI is InChI=1S/C13H16N4OS/c1-9-8-19-12(17-9)3-5-16-13(18)10-2-4-15-11(6-10)7-14/h2,4,6,8H,3,5,7,14H2,1H3,(H,16,18). The maximum Gasteiger partial charge on any atom is 0.251 e. The van der Waals surface area contributed by atoms with Gasteiger partial charge in [-0.25, -0.2) is 4.98 Å². The number of aromatic nitrogens is 2. The Morgan fingerprint density at radius 2 is 2.37 bits per heavy atom. The molecule has 3 N–H and O–H groups in total. The van der Waals surface area contributed by atoms with Crippen LogP contribution in [0.15, 0.2) is 23.7 Å². The number of rotatable bonds is 5. The summed E-state index contributed by atoms with van der Waals surface area (Å²) in [6.45, 7) is 2.87. The highest BCUT2D eigenvalue weighted by atomic mass is 32.1. The van der Waals surface area contributed by atoms with Gasteiger partial charge in [-0.05, 0) is 19.1 Å². The lowest BCUT2D eigenvalue weighted by Crippen LogP contribution is -2.26. The van der Waals surface area contributed by atoms with E-state index in [2.05, 4.69) is 15.3 Å². The first-order valence-corrected chi connectivity index (χ1v) is 6.91. The fourth-order valence-corrected chi connectivity index (χ4v) is 2.41. The van der Waals surface area contributed by atoms with E-state index in [9.17, 15) is 4.79 Å². The monoisotopic (exact) mass is 276 g/mol. The zero-order valence-corrected chi connectivity index (χ0v) is 11.5.